The number of hydrogen-bond donors (Lipinski definition) is 1. The summed E-state index contributed by atoms with van der Waals surface area (Å²) < 4.78 is 99.9. The molecule has 2 heterocycles. The topological polar surface area (TPSA) is 29.1 Å². The van der Waals surface area contributed by atoms with Crippen LogP contribution in [0.4, 0.5) is 0 Å². The van der Waals surface area contributed by atoms with Gasteiger partial charge in [-0.1, -0.05) is 29.8 Å². The lowest BCUT2D eigenvalue weighted by molar-refractivity contribution is 0.0997. The standard InChI is InChI=1S/C18H17NOS/c20-16-11-13-3-1-2-4-14(13)17(12-5-8-19-9-6-12)15-7-10-21-18(15)16/h1-4,7,10,19H,5-6,8-9,11H2/i5D2,6D2,7D,8D2,9D2,10D,11D2. The van der Waals surface area contributed by atoms with E-state index < -0.39 is 70.9 Å². The van der Waals surface area contributed by atoms with E-state index in [0.29, 0.717) is 11.3 Å². The number of ketones is 1. The Bertz CT molecular complexity index is 1200. The van der Waals surface area contributed by atoms with Crippen LogP contribution in [0.3, 0.4) is 0 Å². The Hall–Kier alpha value is -1.71. The van der Waals surface area contributed by atoms with Gasteiger partial charge in [0.1, 0.15) is 0 Å². The normalized spacial score (nSPS) is 38.6. The molecule has 4 rings (SSSR count). The maximum Gasteiger partial charge on any atom is 0.177 e. The van der Waals surface area contributed by atoms with Crippen LogP contribution in [0.15, 0.2) is 41.2 Å². The Balaban J connectivity index is 2.33. The molecule has 1 aliphatic heterocycles. The largest absolute Gasteiger partial charge is 0.316 e. The van der Waals surface area contributed by atoms with Crippen molar-refractivity contribution in [2.45, 2.75) is 19.1 Å². The first-order chi connectivity index (χ1) is 14.9. The third-order valence-corrected chi connectivity index (χ3v) is 4.00. The van der Waals surface area contributed by atoms with Gasteiger partial charge in [-0.25, -0.2) is 0 Å². The quantitative estimate of drug-likeness (QED) is 0.804. The fourth-order valence-electron chi connectivity index (χ4n) is 2.33. The van der Waals surface area contributed by atoms with Crippen molar-refractivity contribution < 1.29 is 21.2 Å². The minimum Gasteiger partial charge on any atom is -0.316 e. The van der Waals surface area contributed by atoms with Crippen molar-refractivity contribution >= 4 is 22.7 Å². The zero-order chi connectivity index (χ0) is 24.9. The Kier molecular flexibility index (Phi) is 1.37. The van der Waals surface area contributed by atoms with Gasteiger partial charge in [0.25, 0.3) is 0 Å². The fourth-order valence-corrected chi connectivity index (χ4v) is 2.98. The summed E-state index contributed by atoms with van der Waals surface area (Å²) in [5.74, 6) is -1.10. The minimum atomic E-state index is -3.20. The Labute approximate surface area is 145 Å². The SMILES string of the molecule is [2H]c1sc2c(c1[2H])C(=C1C([2H])([2H])C([2H])([2H])NC([2H])([2H])C1([2H])[2H])c1ccccc1C([2H])([2H])C2=O. The molecule has 1 aromatic carbocycles. The molecule has 106 valence electrons. The molecule has 3 heteroatoms. The van der Waals surface area contributed by atoms with Gasteiger partial charge in [0.05, 0.1) is 7.62 Å². The molecule has 2 nitrogen and oxygen atoms in total. The maximum absolute atomic E-state index is 13.2. The van der Waals surface area contributed by atoms with Crippen LogP contribution in [0, 0.1) is 0 Å². The van der Waals surface area contributed by atoms with Crippen molar-refractivity contribution in [2.24, 2.45) is 0 Å². The lowest BCUT2D eigenvalue weighted by Crippen LogP contribution is -2.24. The number of piperidine rings is 1. The lowest BCUT2D eigenvalue weighted by Gasteiger charge is -2.21. The molecule has 1 N–H and O–H groups in total. The summed E-state index contributed by atoms with van der Waals surface area (Å²) in [6.07, 6.45) is -9.07. The van der Waals surface area contributed by atoms with E-state index in [1.54, 1.807) is 5.32 Å². The van der Waals surface area contributed by atoms with E-state index in [-0.39, 0.29) is 11.1 Å². The van der Waals surface area contributed by atoms with Crippen LogP contribution in [-0.2, 0) is 6.37 Å². The summed E-state index contributed by atoms with van der Waals surface area (Å²) >= 11 is 0.486. The highest BCUT2D eigenvalue weighted by Crippen LogP contribution is 2.39. The van der Waals surface area contributed by atoms with Crippen LogP contribution in [0.2, 0.25) is 0 Å². The summed E-state index contributed by atoms with van der Waals surface area (Å²) in [7, 11) is 0. The molecule has 0 saturated carbocycles. The molecule has 1 aromatic heterocycles. The number of rotatable bonds is 0. The van der Waals surface area contributed by atoms with Gasteiger partial charge in [-0.05, 0) is 53.8 Å². The third kappa shape index (κ3) is 2.17. The van der Waals surface area contributed by atoms with Crippen LogP contribution < -0.4 is 5.32 Å². The third-order valence-electron chi connectivity index (χ3n) is 3.21. The summed E-state index contributed by atoms with van der Waals surface area (Å²) in [5.41, 5.74) is -2.32. The van der Waals surface area contributed by atoms with E-state index in [2.05, 4.69) is 0 Å². The van der Waals surface area contributed by atoms with Gasteiger partial charge >= 0.3 is 0 Å². The average molecular weight is 307 g/mol. The highest BCUT2D eigenvalue weighted by molar-refractivity contribution is 7.12. The molecule has 1 fully saturated rings. The molecular formula is C18H17NOS. The van der Waals surface area contributed by atoms with E-state index >= 15 is 0 Å². The first kappa shape index (κ1) is 5.49. The average Bonchev–Trinajstić information content (AvgIpc) is 2.94. The van der Waals surface area contributed by atoms with Crippen molar-refractivity contribution in [3.05, 3.63) is 62.8 Å². The van der Waals surface area contributed by atoms with Gasteiger partial charge in [0.2, 0.25) is 0 Å². The number of benzene rings is 1. The molecule has 2 aromatic rings. The van der Waals surface area contributed by atoms with Crippen LogP contribution in [0.1, 0.15) is 55.6 Å². The van der Waals surface area contributed by atoms with E-state index in [0.717, 1.165) is 0 Å². The van der Waals surface area contributed by atoms with E-state index in [1.165, 1.54) is 24.3 Å². The second-order valence-electron chi connectivity index (χ2n) is 4.41. The second kappa shape index (κ2) is 5.24. The van der Waals surface area contributed by atoms with Crippen molar-refractivity contribution in [1.82, 2.24) is 5.32 Å². The van der Waals surface area contributed by atoms with E-state index in [9.17, 15) is 4.79 Å². The highest BCUT2D eigenvalue weighted by atomic mass is 32.1. The summed E-state index contributed by atoms with van der Waals surface area (Å²) in [5, 5.41) is 1.31. The Morgan fingerprint density at radius 1 is 1.19 bits per heavy atom. The van der Waals surface area contributed by atoms with Crippen LogP contribution in [-0.4, -0.2) is 18.8 Å². The number of nitrogens with one attached hydrogen (secondary N) is 1. The molecule has 1 aliphatic carbocycles. The molecule has 0 radical (unpaired) electrons. The predicted molar refractivity (Wildman–Crippen MR) is 86.9 cm³/mol. The molecule has 2 aliphatic rings. The van der Waals surface area contributed by atoms with Crippen molar-refractivity contribution in [3.8, 4) is 0 Å². The van der Waals surface area contributed by atoms with Crippen molar-refractivity contribution in [2.75, 3.05) is 13.0 Å². The molecular weight excluding hydrogens is 278 g/mol. The van der Waals surface area contributed by atoms with Gasteiger partial charge in [-0.3, -0.25) is 4.79 Å². The number of carbonyl (C=O) groups is 1. The van der Waals surface area contributed by atoms with Crippen molar-refractivity contribution in [1.29, 1.82) is 0 Å². The Morgan fingerprint density at radius 3 is 2.86 bits per heavy atom. The maximum atomic E-state index is 13.2. The smallest absolute Gasteiger partial charge is 0.177 e. The molecule has 0 bridgehead atoms. The van der Waals surface area contributed by atoms with Gasteiger partial charge in [0, 0.05) is 25.6 Å². The molecule has 0 unspecified atom stereocenters. The number of carbonyl (C=O) groups excluding carboxylic acids is 1. The van der Waals surface area contributed by atoms with E-state index in [1.807, 2.05) is 0 Å². The monoisotopic (exact) mass is 307 g/mol. The Morgan fingerprint density at radius 2 is 2.00 bits per heavy atom. The molecule has 0 atom stereocenters. The first-order valence-electron chi connectivity index (χ1n) is 12.2. The van der Waals surface area contributed by atoms with E-state index in [4.69, 9.17) is 16.4 Å². The molecule has 21 heavy (non-hydrogen) atoms. The number of fused-ring (bicyclic) bond motifs is 2. The lowest BCUT2D eigenvalue weighted by atomic mass is 9.88. The molecule has 0 spiro atoms. The number of thiophene rings is 1. The zero-order valence-corrected chi connectivity index (χ0v) is 11.4. The predicted octanol–water partition coefficient (Wildman–Crippen LogP) is 3.67. The summed E-state index contributed by atoms with van der Waals surface area (Å²) in [6.45, 7) is -6.23. The number of Topliss-reactive ketones (excluding diaryl/α,β-unsaturated/α-hetero) is 1. The highest BCUT2D eigenvalue weighted by Gasteiger charge is 2.26. The van der Waals surface area contributed by atoms with Gasteiger partial charge in [-0.15, -0.1) is 11.3 Å². The van der Waals surface area contributed by atoms with Crippen LogP contribution in [0.25, 0.3) is 5.57 Å². The van der Waals surface area contributed by atoms with Gasteiger partial charge in [0.15, 0.2) is 5.78 Å². The summed E-state index contributed by atoms with van der Waals surface area (Å²) in [6, 6.07) is 4.82. The van der Waals surface area contributed by atoms with Gasteiger partial charge < -0.3 is 5.32 Å². The van der Waals surface area contributed by atoms with Gasteiger partial charge in [-0.2, -0.15) is 0 Å². The van der Waals surface area contributed by atoms with Crippen LogP contribution in [0.5, 0.6) is 0 Å². The van der Waals surface area contributed by atoms with Crippen molar-refractivity contribution in [3.63, 3.8) is 0 Å². The number of hydrogen-bond acceptors (Lipinski definition) is 3. The minimum absolute atomic E-state index is 0.169. The first-order valence-corrected chi connectivity index (χ1v) is 7.01. The molecule has 1 saturated heterocycles. The zero-order valence-electron chi connectivity index (χ0n) is 22.6. The van der Waals surface area contributed by atoms with Crippen LogP contribution >= 0.6 is 11.3 Å². The second-order valence-corrected chi connectivity index (χ2v) is 5.22. The summed E-state index contributed by atoms with van der Waals surface area (Å²) in [4.78, 5) is 12.8. The molecule has 0 amide bonds. The fraction of sp³-hybridized carbons (Fsp3) is 0.278.